The Kier molecular flexibility index (Phi) is 6.33. The Balaban J connectivity index is 1.66. The van der Waals surface area contributed by atoms with Crippen LogP contribution in [-0.2, 0) is 17.9 Å². The van der Waals surface area contributed by atoms with Crippen LogP contribution in [0.15, 0.2) is 47.5 Å². The highest BCUT2D eigenvalue weighted by Crippen LogP contribution is 2.21. The number of rotatable bonds is 7. The molecule has 0 unspecified atom stereocenters. The van der Waals surface area contributed by atoms with E-state index in [1.54, 1.807) is 25.4 Å². The number of thiazole rings is 1. The molecular formula is C19H18ClN3O4S. The molecule has 0 saturated carbocycles. The van der Waals surface area contributed by atoms with Crippen molar-refractivity contribution < 1.29 is 14.3 Å². The number of pyridine rings is 1. The molecule has 2 heterocycles. The van der Waals surface area contributed by atoms with E-state index in [0.717, 1.165) is 10.4 Å². The number of esters is 1. The summed E-state index contributed by atoms with van der Waals surface area (Å²) in [4.78, 5) is 28.6. The smallest absolute Gasteiger partial charge is 0.312 e. The van der Waals surface area contributed by atoms with Crippen LogP contribution in [0.2, 0.25) is 4.47 Å². The first kappa shape index (κ1) is 19.9. The molecule has 7 nitrogen and oxygen atoms in total. The number of benzene rings is 1. The summed E-state index contributed by atoms with van der Waals surface area (Å²) in [7, 11) is 0. The molecule has 3 aromatic rings. The number of aryl methyl sites for hydroxylation is 1. The normalized spacial score (nSPS) is 10.5. The van der Waals surface area contributed by atoms with E-state index < -0.39 is 11.5 Å². The second-order valence-electron chi connectivity index (χ2n) is 5.95. The van der Waals surface area contributed by atoms with Gasteiger partial charge in [-0.1, -0.05) is 23.7 Å². The number of hydrogen-bond acceptors (Lipinski definition) is 7. The van der Waals surface area contributed by atoms with Crippen molar-refractivity contribution in [3.05, 3.63) is 73.6 Å². The molecule has 2 aromatic heterocycles. The summed E-state index contributed by atoms with van der Waals surface area (Å²) in [5, 5.41) is 0. The maximum atomic E-state index is 12.5. The van der Waals surface area contributed by atoms with Gasteiger partial charge in [-0.15, -0.1) is 11.3 Å². The van der Waals surface area contributed by atoms with Crippen LogP contribution in [-0.4, -0.2) is 15.6 Å². The summed E-state index contributed by atoms with van der Waals surface area (Å²) in [5.41, 5.74) is 4.09. The van der Waals surface area contributed by atoms with Crippen LogP contribution in [0.4, 0.5) is 0 Å². The van der Waals surface area contributed by atoms with Crippen LogP contribution in [0.1, 0.15) is 22.9 Å². The lowest BCUT2D eigenvalue weighted by atomic mass is 10.2. The Bertz CT molecular complexity index is 1050. The monoisotopic (exact) mass is 419 g/mol. The zero-order chi connectivity index (χ0) is 20.1. The van der Waals surface area contributed by atoms with E-state index in [2.05, 4.69) is 10.4 Å². The summed E-state index contributed by atoms with van der Waals surface area (Å²) in [6.45, 7) is 3.73. The lowest BCUT2D eigenvalue weighted by Gasteiger charge is -2.13. The predicted octanol–water partition coefficient (Wildman–Crippen LogP) is 3.51. The van der Waals surface area contributed by atoms with Crippen molar-refractivity contribution in [3.63, 3.8) is 0 Å². The quantitative estimate of drug-likeness (QED) is 0.590. The van der Waals surface area contributed by atoms with Crippen molar-refractivity contribution >= 4 is 28.9 Å². The molecule has 9 heteroatoms. The molecule has 3 rings (SSSR count). The molecule has 28 heavy (non-hydrogen) atoms. The highest BCUT2D eigenvalue weighted by molar-refractivity contribution is 7.15. The second-order valence-corrected chi connectivity index (χ2v) is 7.64. The minimum absolute atomic E-state index is 0.0165. The van der Waals surface area contributed by atoms with E-state index in [1.165, 1.54) is 22.9 Å². The number of nitrogens with zero attached hydrogens (tertiary/aromatic N) is 2. The van der Waals surface area contributed by atoms with Crippen molar-refractivity contribution in [2.24, 2.45) is 0 Å². The van der Waals surface area contributed by atoms with Gasteiger partial charge in [0.1, 0.15) is 12.4 Å². The van der Waals surface area contributed by atoms with E-state index in [0.29, 0.717) is 28.9 Å². The van der Waals surface area contributed by atoms with Gasteiger partial charge in [-0.25, -0.2) is 9.66 Å². The number of ether oxygens (including phenoxy) is 2. The molecule has 0 aliphatic heterocycles. The molecule has 0 bridgehead atoms. The summed E-state index contributed by atoms with van der Waals surface area (Å²) in [5.74, 6) is 0.175. The molecule has 0 atom stereocenters. The van der Waals surface area contributed by atoms with Gasteiger partial charge >= 0.3 is 11.5 Å². The zero-order valence-corrected chi connectivity index (χ0v) is 16.8. The largest absolute Gasteiger partial charge is 0.488 e. The average Bonchev–Trinajstić information content (AvgIpc) is 3.08. The van der Waals surface area contributed by atoms with Crippen LogP contribution >= 0.6 is 22.9 Å². The highest BCUT2D eigenvalue weighted by Gasteiger charge is 2.11. The third-order valence-electron chi connectivity index (χ3n) is 3.75. The van der Waals surface area contributed by atoms with Crippen LogP contribution in [0, 0.1) is 6.92 Å². The van der Waals surface area contributed by atoms with Gasteiger partial charge in [-0.05, 0) is 36.2 Å². The lowest BCUT2D eigenvalue weighted by Crippen LogP contribution is -2.30. The fraction of sp³-hybridized carbons (Fsp3) is 0.211. The molecule has 0 amide bonds. The van der Waals surface area contributed by atoms with Gasteiger partial charge in [0.05, 0.1) is 11.4 Å². The third kappa shape index (κ3) is 5.11. The van der Waals surface area contributed by atoms with E-state index in [9.17, 15) is 9.59 Å². The SMILES string of the molecule is CC(=O)Oc1c(C)ccn(NCc2cccc(OCc3cnc(Cl)s3)c2)c1=O. The predicted molar refractivity (Wildman–Crippen MR) is 108 cm³/mol. The molecule has 1 aromatic carbocycles. The van der Waals surface area contributed by atoms with Crippen LogP contribution in [0.3, 0.4) is 0 Å². The number of aromatic nitrogens is 2. The van der Waals surface area contributed by atoms with Crippen LogP contribution in [0.25, 0.3) is 0 Å². The number of hydrogen-bond donors (Lipinski definition) is 1. The second kappa shape index (κ2) is 8.90. The Labute approximate surface area is 170 Å². The molecule has 0 spiro atoms. The number of carbonyl (C=O) groups is 1. The summed E-state index contributed by atoms with van der Waals surface area (Å²) in [6.07, 6.45) is 3.28. The van der Waals surface area contributed by atoms with Gasteiger partial charge in [0.15, 0.2) is 4.47 Å². The first-order chi connectivity index (χ1) is 13.4. The van der Waals surface area contributed by atoms with E-state index in [-0.39, 0.29) is 5.75 Å². The molecular weight excluding hydrogens is 402 g/mol. The van der Waals surface area contributed by atoms with Crippen LogP contribution in [0.5, 0.6) is 11.5 Å². The minimum Gasteiger partial charge on any atom is -0.488 e. The number of halogens is 1. The maximum Gasteiger partial charge on any atom is 0.312 e. The van der Waals surface area contributed by atoms with Crippen molar-refractivity contribution in [1.29, 1.82) is 0 Å². The first-order valence-electron chi connectivity index (χ1n) is 8.39. The van der Waals surface area contributed by atoms with Gasteiger partial charge in [-0.3, -0.25) is 9.59 Å². The summed E-state index contributed by atoms with van der Waals surface area (Å²) in [6, 6.07) is 9.21. The summed E-state index contributed by atoms with van der Waals surface area (Å²) < 4.78 is 12.5. The summed E-state index contributed by atoms with van der Waals surface area (Å²) >= 11 is 7.19. The minimum atomic E-state index is -0.537. The van der Waals surface area contributed by atoms with Crippen molar-refractivity contribution in [1.82, 2.24) is 9.66 Å². The van der Waals surface area contributed by atoms with Gasteiger partial charge < -0.3 is 14.9 Å². The third-order valence-corrected chi connectivity index (χ3v) is 4.84. The lowest BCUT2D eigenvalue weighted by molar-refractivity contribution is -0.132. The Morgan fingerprint density at radius 1 is 1.36 bits per heavy atom. The molecule has 0 radical (unpaired) electrons. The number of nitrogens with one attached hydrogen (secondary N) is 1. The maximum absolute atomic E-state index is 12.5. The van der Waals surface area contributed by atoms with E-state index in [1.807, 2.05) is 24.3 Å². The first-order valence-corrected chi connectivity index (χ1v) is 9.58. The van der Waals surface area contributed by atoms with Gasteiger partial charge in [0, 0.05) is 19.3 Å². The highest BCUT2D eigenvalue weighted by atomic mass is 35.5. The fourth-order valence-corrected chi connectivity index (χ4v) is 3.32. The Morgan fingerprint density at radius 2 is 2.18 bits per heavy atom. The van der Waals surface area contributed by atoms with Crippen molar-refractivity contribution in [2.75, 3.05) is 5.43 Å². The fourth-order valence-electron chi connectivity index (χ4n) is 2.43. The molecule has 0 aliphatic rings. The topological polar surface area (TPSA) is 82.4 Å². The average molecular weight is 420 g/mol. The Hall–Kier alpha value is -2.84. The van der Waals surface area contributed by atoms with Gasteiger partial charge in [0.2, 0.25) is 5.75 Å². The van der Waals surface area contributed by atoms with Crippen molar-refractivity contribution in [3.8, 4) is 11.5 Å². The molecule has 146 valence electrons. The molecule has 0 fully saturated rings. The molecule has 1 N–H and O–H groups in total. The van der Waals surface area contributed by atoms with Crippen LogP contribution < -0.4 is 20.5 Å². The Morgan fingerprint density at radius 3 is 2.89 bits per heavy atom. The molecule has 0 saturated heterocycles. The van der Waals surface area contributed by atoms with E-state index in [4.69, 9.17) is 21.1 Å². The van der Waals surface area contributed by atoms with E-state index >= 15 is 0 Å². The standard InChI is InChI=1S/C19H18ClN3O4S/c1-12-6-7-23(18(25)17(12)27-13(2)24)22-9-14-4-3-5-15(8-14)26-11-16-10-21-19(20)28-16/h3-8,10,22H,9,11H2,1-2H3. The zero-order valence-electron chi connectivity index (χ0n) is 15.3. The molecule has 0 aliphatic carbocycles. The number of carbonyl (C=O) groups excluding carboxylic acids is 1. The van der Waals surface area contributed by atoms with Gasteiger partial charge in [-0.2, -0.15) is 0 Å². The van der Waals surface area contributed by atoms with Crippen molar-refractivity contribution in [2.45, 2.75) is 27.0 Å². The van der Waals surface area contributed by atoms with Gasteiger partial charge in [0.25, 0.3) is 0 Å².